The monoisotopic (exact) mass is 435 g/mol. The molecule has 166 valence electrons. The molecule has 0 atom stereocenters. The first-order valence-corrected chi connectivity index (χ1v) is 10.3. The molecular weight excluding hydrogens is 410 g/mol. The Bertz CT molecular complexity index is 1400. The largest absolute Gasteiger partial charge is 0.493 e. The SMILES string of the molecule is COc1ccc(NC(=O)CCc2c(C)c3cc4c(C)c(C)oc4cc3oc2=O)cc1OC. The minimum absolute atomic E-state index is 0.136. The molecule has 7 nitrogen and oxygen atoms in total. The van der Waals surface area contributed by atoms with Gasteiger partial charge in [0.1, 0.15) is 16.9 Å². The predicted octanol–water partition coefficient (Wildman–Crippen LogP) is 5.05. The highest BCUT2D eigenvalue weighted by Crippen LogP contribution is 2.32. The Morgan fingerprint density at radius 1 is 0.906 bits per heavy atom. The molecule has 2 aromatic carbocycles. The first kappa shape index (κ1) is 21.5. The summed E-state index contributed by atoms with van der Waals surface area (Å²) in [5.41, 5.74) is 3.69. The number of ether oxygens (including phenoxy) is 2. The third kappa shape index (κ3) is 3.82. The molecule has 0 saturated carbocycles. The number of benzene rings is 2. The van der Waals surface area contributed by atoms with Gasteiger partial charge in [0.25, 0.3) is 0 Å². The molecule has 4 rings (SSSR count). The zero-order chi connectivity index (χ0) is 23.0. The minimum Gasteiger partial charge on any atom is -0.493 e. The van der Waals surface area contributed by atoms with Crippen LogP contribution in [0.3, 0.4) is 0 Å². The molecular formula is C25H25NO6. The Morgan fingerprint density at radius 2 is 1.59 bits per heavy atom. The van der Waals surface area contributed by atoms with Gasteiger partial charge in [-0.2, -0.15) is 0 Å². The van der Waals surface area contributed by atoms with E-state index < -0.39 is 5.63 Å². The van der Waals surface area contributed by atoms with Gasteiger partial charge in [0, 0.05) is 40.6 Å². The molecule has 0 radical (unpaired) electrons. The van der Waals surface area contributed by atoms with Gasteiger partial charge in [0.2, 0.25) is 5.91 Å². The normalized spacial score (nSPS) is 11.2. The highest BCUT2D eigenvalue weighted by atomic mass is 16.5. The van der Waals surface area contributed by atoms with Crippen LogP contribution in [-0.2, 0) is 11.2 Å². The van der Waals surface area contributed by atoms with E-state index >= 15 is 0 Å². The fourth-order valence-electron chi connectivity index (χ4n) is 3.89. The highest BCUT2D eigenvalue weighted by molar-refractivity contribution is 5.97. The van der Waals surface area contributed by atoms with E-state index in [4.69, 9.17) is 18.3 Å². The first-order chi connectivity index (χ1) is 15.3. The Morgan fingerprint density at radius 3 is 2.31 bits per heavy atom. The zero-order valence-electron chi connectivity index (χ0n) is 18.8. The van der Waals surface area contributed by atoms with Gasteiger partial charge >= 0.3 is 5.63 Å². The molecule has 1 amide bonds. The van der Waals surface area contributed by atoms with Crippen molar-refractivity contribution in [3.05, 3.63) is 63.2 Å². The number of methoxy groups -OCH3 is 2. The number of amides is 1. The van der Waals surface area contributed by atoms with Gasteiger partial charge in [-0.25, -0.2) is 4.79 Å². The molecule has 0 aliphatic carbocycles. The lowest BCUT2D eigenvalue weighted by atomic mass is 10.0. The van der Waals surface area contributed by atoms with Crippen molar-refractivity contribution in [1.29, 1.82) is 0 Å². The number of carbonyl (C=O) groups is 1. The smallest absolute Gasteiger partial charge is 0.339 e. The number of hydrogen-bond acceptors (Lipinski definition) is 6. The summed E-state index contributed by atoms with van der Waals surface area (Å²) in [6, 6.07) is 8.88. The van der Waals surface area contributed by atoms with Gasteiger partial charge < -0.3 is 23.6 Å². The van der Waals surface area contributed by atoms with Crippen LogP contribution in [0.1, 0.15) is 28.9 Å². The number of aryl methyl sites for hydroxylation is 3. The molecule has 1 N–H and O–H groups in total. The summed E-state index contributed by atoms with van der Waals surface area (Å²) >= 11 is 0. The second-order valence-electron chi connectivity index (χ2n) is 7.74. The summed E-state index contributed by atoms with van der Waals surface area (Å²) < 4.78 is 21.8. The summed E-state index contributed by atoms with van der Waals surface area (Å²) in [7, 11) is 3.08. The van der Waals surface area contributed by atoms with Gasteiger partial charge in [0.15, 0.2) is 11.5 Å². The van der Waals surface area contributed by atoms with Crippen molar-refractivity contribution in [2.24, 2.45) is 0 Å². The van der Waals surface area contributed by atoms with Gasteiger partial charge in [-0.1, -0.05) is 0 Å². The summed E-state index contributed by atoms with van der Waals surface area (Å²) in [6.45, 7) is 5.79. The molecule has 0 spiro atoms. The number of furan rings is 1. The third-order valence-corrected chi connectivity index (χ3v) is 5.85. The topological polar surface area (TPSA) is 90.9 Å². The molecule has 2 aromatic heterocycles. The molecule has 0 aliphatic rings. The number of fused-ring (bicyclic) bond motifs is 2. The fourth-order valence-corrected chi connectivity index (χ4v) is 3.89. The van der Waals surface area contributed by atoms with Crippen molar-refractivity contribution in [1.82, 2.24) is 0 Å². The van der Waals surface area contributed by atoms with Crippen molar-refractivity contribution in [3.8, 4) is 11.5 Å². The van der Waals surface area contributed by atoms with E-state index in [1.54, 1.807) is 31.4 Å². The van der Waals surface area contributed by atoms with Crippen LogP contribution in [0.15, 0.2) is 44.0 Å². The van der Waals surface area contributed by atoms with Crippen LogP contribution in [0.2, 0.25) is 0 Å². The van der Waals surface area contributed by atoms with Crippen LogP contribution >= 0.6 is 0 Å². The Balaban J connectivity index is 1.57. The van der Waals surface area contributed by atoms with Crippen LogP contribution in [-0.4, -0.2) is 20.1 Å². The lowest BCUT2D eigenvalue weighted by molar-refractivity contribution is -0.116. The van der Waals surface area contributed by atoms with Crippen LogP contribution in [0, 0.1) is 20.8 Å². The van der Waals surface area contributed by atoms with Crippen molar-refractivity contribution < 1.29 is 23.1 Å². The number of nitrogens with one attached hydrogen (secondary N) is 1. The average molecular weight is 435 g/mol. The van der Waals surface area contributed by atoms with Crippen LogP contribution < -0.4 is 20.4 Å². The van der Waals surface area contributed by atoms with Crippen LogP contribution in [0.4, 0.5) is 5.69 Å². The highest BCUT2D eigenvalue weighted by Gasteiger charge is 2.16. The van der Waals surface area contributed by atoms with E-state index in [0.717, 1.165) is 27.7 Å². The van der Waals surface area contributed by atoms with Gasteiger partial charge in [-0.05, 0) is 56.5 Å². The summed E-state index contributed by atoms with van der Waals surface area (Å²) in [5.74, 6) is 1.72. The van der Waals surface area contributed by atoms with E-state index in [-0.39, 0.29) is 18.7 Å². The molecule has 0 bridgehead atoms. The second kappa shape index (κ2) is 8.42. The number of anilines is 1. The van der Waals surface area contributed by atoms with Gasteiger partial charge in [-0.15, -0.1) is 0 Å². The van der Waals surface area contributed by atoms with Crippen LogP contribution in [0.5, 0.6) is 11.5 Å². The summed E-state index contributed by atoms with van der Waals surface area (Å²) in [4.78, 5) is 25.1. The maximum atomic E-state index is 12.6. The van der Waals surface area contributed by atoms with Crippen molar-refractivity contribution in [2.75, 3.05) is 19.5 Å². The van der Waals surface area contributed by atoms with E-state index in [1.165, 1.54) is 7.11 Å². The van der Waals surface area contributed by atoms with E-state index in [9.17, 15) is 9.59 Å². The average Bonchev–Trinajstić information content (AvgIpc) is 3.05. The molecule has 4 aromatic rings. The molecule has 0 saturated heterocycles. The van der Waals surface area contributed by atoms with Crippen molar-refractivity contribution in [3.63, 3.8) is 0 Å². The standard InChI is InChI=1S/C25H25NO6/c1-13-15(3)31-21-12-22-19(11-18(13)21)14(2)17(25(28)32-22)7-9-24(27)26-16-6-8-20(29-4)23(10-16)30-5/h6,8,10-12H,7,9H2,1-5H3,(H,26,27). The lowest BCUT2D eigenvalue weighted by Crippen LogP contribution is -2.16. The summed E-state index contributed by atoms with van der Waals surface area (Å²) in [6.07, 6.45) is 0.405. The lowest BCUT2D eigenvalue weighted by Gasteiger charge is -2.11. The minimum atomic E-state index is -0.437. The Labute approximate surface area is 184 Å². The quantitative estimate of drug-likeness (QED) is 0.426. The zero-order valence-corrected chi connectivity index (χ0v) is 18.8. The van der Waals surface area contributed by atoms with E-state index in [2.05, 4.69) is 5.32 Å². The maximum absolute atomic E-state index is 12.6. The first-order valence-electron chi connectivity index (χ1n) is 10.3. The van der Waals surface area contributed by atoms with Gasteiger partial charge in [0.05, 0.1) is 14.2 Å². The Hall–Kier alpha value is -3.74. The van der Waals surface area contributed by atoms with Gasteiger partial charge in [-0.3, -0.25) is 4.79 Å². The molecule has 0 aliphatic heterocycles. The number of carbonyl (C=O) groups excluding carboxylic acids is 1. The summed E-state index contributed by atoms with van der Waals surface area (Å²) in [5, 5.41) is 4.66. The molecule has 2 heterocycles. The number of rotatable bonds is 6. The third-order valence-electron chi connectivity index (χ3n) is 5.85. The van der Waals surface area contributed by atoms with Crippen molar-refractivity contribution in [2.45, 2.75) is 33.6 Å². The van der Waals surface area contributed by atoms with E-state index in [0.29, 0.717) is 33.9 Å². The van der Waals surface area contributed by atoms with Crippen molar-refractivity contribution >= 4 is 33.5 Å². The fraction of sp³-hybridized carbons (Fsp3) is 0.280. The molecule has 0 fully saturated rings. The molecule has 7 heteroatoms. The predicted molar refractivity (Wildman–Crippen MR) is 123 cm³/mol. The molecule has 0 unspecified atom stereocenters. The molecule has 32 heavy (non-hydrogen) atoms. The second-order valence-corrected chi connectivity index (χ2v) is 7.74. The van der Waals surface area contributed by atoms with E-state index in [1.807, 2.05) is 26.8 Å². The van der Waals surface area contributed by atoms with Crippen LogP contribution in [0.25, 0.3) is 21.9 Å². The number of hydrogen-bond donors (Lipinski definition) is 1. The maximum Gasteiger partial charge on any atom is 0.339 e. The Kier molecular flexibility index (Phi) is 5.65.